The van der Waals surface area contributed by atoms with E-state index in [9.17, 15) is 4.79 Å². The van der Waals surface area contributed by atoms with Gasteiger partial charge in [0.1, 0.15) is 5.75 Å². The number of carbonyl (C=O) groups is 1. The molecule has 0 saturated heterocycles. The first kappa shape index (κ1) is 14.6. The Hall–Kier alpha value is -1.85. The van der Waals surface area contributed by atoms with Gasteiger partial charge in [-0.3, -0.25) is 4.79 Å². The Kier molecular flexibility index (Phi) is 4.76. The molecule has 0 fully saturated rings. The first-order valence-corrected chi connectivity index (χ1v) is 6.59. The molecular weight excluding hydrogens is 301 g/mol. The number of amides is 1. The van der Waals surface area contributed by atoms with E-state index in [2.05, 4.69) is 15.5 Å². The molecule has 5 nitrogen and oxygen atoms in total. The number of nitrogens with zero attached hydrogens (tertiary/aromatic N) is 2. The lowest BCUT2D eigenvalue weighted by molar-refractivity contribution is 0.102. The molecule has 0 aliphatic heterocycles. The van der Waals surface area contributed by atoms with Crippen LogP contribution in [0.1, 0.15) is 17.3 Å². The van der Waals surface area contributed by atoms with Crippen LogP contribution in [-0.4, -0.2) is 22.7 Å². The van der Waals surface area contributed by atoms with E-state index >= 15 is 0 Å². The van der Waals surface area contributed by atoms with E-state index in [4.69, 9.17) is 27.9 Å². The molecule has 0 unspecified atom stereocenters. The highest BCUT2D eigenvalue weighted by atomic mass is 35.5. The van der Waals surface area contributed by atoms with E-state index in [1.807, 2.05) is 13.0 Å². The van der Waals surface area contributed by atoms with Crippen LogP contribution in [0, 0.1) is 0 Å². The summed E-state index contributed by atoms with van der Waals surface area (Å²) < 4.78 is 5.43. The molecule has 1 aromatic heterocycles. The lowest BCUT2D eigenvalue weighted by atomic mass is 10.2. The van der Waals surface area contributed by atoms with Crippen molar-refractivity contribution in [3.05, 3.63) is 46.2 Å². The average molecular weight is 312 g/mol. The Morgan fingerprint density at radius 1 is 1.30 bits per heavy atom. The van der Waals surface area contributed by atoms with Gasteiger partial charge >= 0.3 is 0 Å². The topological polar surface area (TPSA) is 64.1 Å². The third-order valence-electron chi connectivity index (χ3n) is 2.40. The zero-order valence-electron chi connectivity index (χ0n) is 10.6. The van der Waals surface area contributed by atoms with Crippen LogP contribution in [-0.2, 0) is 0 Å². The van der Waals surface area contributed by atoms with Crippen LogP contribution < -0.4 is 10.1 Å². The molecule has 7 heteroatoms. The third-order valence-corrected chi connectivity index (χ3v) is 2.86. The molecule has 20 heavy (non-hydrogen) atoms. The average Bonchev–Trinajstić information content (AvgIpc) is 2.44. The third kappa shape index (κ3) is 3.37. The number of benzene rings is 1. The zero-order chi connectivity index (χ0) is 14.5. The zero-order valence-corrected chi connectivity index (χ0v) is 12.1. The highest BCUT2D eigenvalue weighted by Gasteiger charge is 2.15. The minimum absolute atomic E-state index is 0.0132. The highest BCUT2D eigenvalue weighted by molar-refractivity contribution is 6.34. The maximum atomic E-state index is 12.2. The Bertz CT molecular complexity index is 635. The molecule has 0 aliphatic carbocycles. The number of aromatic nitrogens is 2. The van der Waals surface area contributed by atoms with Gasteiger partial charge in [0.05, 0.1) is 17.9 Å². The van der Waals surface area contributed by atoms with Crippen molar-refractivity contribution in [3.8, 4) is 5.75 Å². The number of hydrogen-bond acceptors (Lipinski definition) is 4. The number of carbonyl (C=O) groups excluding carboxylic acids is 1. The monoisotopic (exact) mass is 311 g/mol. The second-order valence-electron chi connectivity index (χ2n) is 3.75. The van der Waals surface area contributed by atoms with E-state index in [0.717, 1.165) is 0 Å². The van der Waals surface area contributed by atoms with Gasteiger partial charge in [-0.1, -0.05) is 35.3 Å². The number of nitrogens with one attached hydrogen (secondary N) is 1. The standard InChI is InChI=1S/C13H11Cl2N3O2/c1-2-20-10-6-4-3-5-9(10)16-13(19)8-7-11(14)17-18-12(8)15/h3-7H,2H2,1H3,(H,16,19). The Morgan fingerprint density at radius 3 is 2.80 bits per heavy atom. The van der Waals surface area contributed by atoms with Crippen molar-refractivity contribution in [2.45, 2.75) is 6.92 Å². The van der Waals surface area contributed by atoms with E-state index < -0.39 is 5.91 Å². The summed E-state index contributed by atoms with van der Waals surface area (Å²) in [6.45, 7) is 2.36. The Labute approximate surface area is 125 Å². The fourth-order valence-corrected chi connectivity index (χ4v) is 1.88. The predicted octanol–water partition coefficient (Wildman–Crippen LogP) is 3.43. The van der Waals surface area contributed by atoms with Gasteiger partial charge in [0, 0.05) is 0 Å². The largest absolute Gasteiger partial charge is 0.492 e. The van der Waals surface area contributed by atoms with Crippen molar-refractivity contribution in [2.75, 3.05) is 11.9 Å². The van der Waals surface area contributed by atoms with Crippen LogP contribution in [0.25, 0.3) is 0 Å². The summed E-state index contributed by atoms with van der Waals surface area (Å²) in [5.74, 6) is 0.145. The number of para-hydroxylation sites is 2. The molecule has 0 bridgehead atoms. The molecule has 2 rings (SSSR count). The number of rotatable bonds is 4. The summed E-state index contributed by atoms with van der Waals surface area (Å²) >= 11 is 11.5. The fraction of sp³-hybridized carbons (Fsp3) is 0.154. The minimum Gasteiger partial charge on any atom is -0.492 e. The summed E-state index contributed by atoms with van der Waals surface area (Å²) in [5.41, 5.74) is 0.696. The summed E-state index contributed by atoms with van der Waals surface area (Å²) in [4.78, 5) is 12.2. The van der Waals surface area contributed by atoms with Gasteiger partial charge in [-0.05, 0) is 25.1 Å². The second kappa shape index (κ2) is 6.54. The molecule has 0 radical (unpaired) electrons. The van der Waals surface area contributed by atoms with Crippen LogP contribution >= 0.6 is 23.2 Å². The lowest BCUT2D eigenvalue weighted by Gasteiger charge is -2.11. The van der Waals surface area contributed by atoms with Crippen molar-refractivity contribution in [3.63, 3.8) is 0 Å². The Balaban J connectivity index is 2.26. The summed E-state index contributed by atoms with van der Waals surface area (Å²) in [7, 11) is 0. The SMILES string of the molecule is CCOc1ccccc1NC(=O)c1cc(Cl)nnc1Cl. The molecule has 1 aromatic carbocycles. The molecular formula is C13H11Cl2N3O2. The van der Waals surface area contributed by atoms with Crippen LogP contribution in [0.15, 0.2) is 30.3 Å². The predicted molar refractivity (Wildman–Crippen MR) is 77.6 cm³/mol. The molecule has 1 amide bonds. The van der Waals surface area contributed by atoms with E-state index in [1.165, 1.54) is 6.07 Å². The van der Waals surface area contributed by atoms with Crippen LogP contribution in [0.2, 0.25) is 10.3 Å². The van der Waals surface area contributed by atoms with Gasteiger partial charge < -0.3 is 10.1 Å². The van der Waals surface area contributed by atoms with Gasteiger partial charge in [0.25, 0.3) is 5.91 Å². The molecule has 1 heterocycles. The summed E-state index contributed by atoms with van der Waals surface area (Å²) in [6, 6.07) is 8.46. The normalized spacial score (nSPS) is 10.2. The van der Waals surface area contributed by atoms with Gasteiger partial charge in [-0.2, -0.15) is 0 Å². The van der Waals surface area contributed by atoms with Crippen LogP contribution in [0.5, 0.6) is 5.75 Å². The number of ether oxygens (including phenoxy) is 1. The number of halogens is 2. The smallest absolute Gasteiger partial charge is 0.259 e. The molecule has 1 N–H and O–H groups in total. The minimum atomic E-state index is -0.432. The second-order valence-corrected chi connectivity index (χ2v) is 4.50. The van der Waals surface area contributed by atoms with E-state index in [1.54, 1.807) is 18.2 Å². The summed E-state index contributed by atoms with van der Waals surface area (Å²) in [5, 5.41) is 9.93. The maximum Gasteiger partial charge on any atom is 0.259 e. The molecule has 104 valence electrons. The molecule has 0 atom stereocenters. The highest BCUT2D eigenvalue weighted by Crippen LogP contribution is 2.25. The quantitative estimate of drug-likeness (QED) is 0.939. The number of anilines is 1. The van der Waals surface area contributed by atoms with Gasteiger partial charge in [0.15, 0.2) is 10.3 Å². The number of hydrogen-bond donors (Lipinski definition) is 1. The van der Waals surface area contributed by atoms with Crippen molar-refractivity contribution >= 4 is 34.8 Å². The lowest BCUT2D eigenvalue weighted by Crippen LogP contribution is -2.14. The molecule has 0 aliphatic rings. The summed E-state index contributed by atoms with van der Waals surface area (Å²) in [6.07, 6.45) is 0. The van der Waals surface area contributed by atoms with E-state index in [0.29, 0.717) is 18.0 Å². The first-order valence-electron chi connectivity index (χ1n) is 5.83. The van der Waals surface area contributed by atoms with Crippen LogP contribution in [0.4, 0.5) is 5.69 Å². The van der Waals surface area contributed by atoms with Crippen molar-refractivity contribution < 1.29 is 9.53 Å². The van der Waals surface area contributed by atoms with Gasteiger partial charge in [-0.25, -0.2) is 0 Å². The Morgan fingerprint density at radius 2 is 2.05 bits per heavy atom. The van der Waals surface area contributed by atoms with Crippen molar-refractivity contribution in [1.82, 2.24) is 10.2 Å². The van der Waals surface area contributed by atoms with Crippen molar-refractivity contribution in [2.24, 2.45) is 0 Å². The maximum absolute atomic E-state index is 12.2. The molecule has 0 saturated carbocycles. The first-order chi connectivity index (χ1) is 9.61. The van der Waals surface area contributed by atoms with E-state index in [-0.39, 0.29) is 15.9 Å². The van der Waals surface area contributed by atoms with Crippen LogP contribution in [0.3, 0.4) is 0 Å². The van der Waals surface area contributed by atoms with Crippen molar-refractivity contribution in [1.29, 1.82) is 0 Å². The fourth-order valence-electron chi connectivity index (χ4n) is 1.55. The molecule has 2 aromatic rings. The van der Waals surface area contributed by atoms with Gasteiger partial charge in [0.2, 0.25) is 0 Å². The molecule has 0 spiro atoms. The van der Waals surface area contributed by atoms with Gasteiger partial charge in [-0.15, -0.1) is 10.2 Å².